The van der Waals surface area contributed by atoms with Crippen molar-refractivity contribution in [2.24, 2.45) is 5.92 Å². The summed E-state index contributed by atoms with van der Waals surface area (Å²) in [4.78, 5) is 17.8. The van der Waals surface area contributed by atoms with Crippen molar-refractivity contribution in [2.75, 3.05) is 31.6 Å². The lowest BCUT2D eigenvalue weighted by Crippen LogP contribution is -2.31. The van der Waals surface area contributed by atoms with E-state index in [4.69, 9.17) is 5.11 Å². The van der Waals surface area contributed by atoms with Gasteiger partial charge in [0.05, 0.1) is 6.54 Å². The first-order valence-electron chi connectivity index (χ1n) is 5.80. The number of rotatable bonds is 5. The fourth-order valence-electron chi connectivity index (χ4n) is 2.12. The van der Waals surface area contributed by atoms with Gasteiger partial charge >= 0.3 is 0 Å². The highest BCUT2D eigenvalue weighted by Gasteiger charge is 2.23. The minimum Gasteiger partial charge on any atom is -0.396 e. The first kappa shape index (κ1) is 12.5. The van der Waals surface area contributed by atoms with Crippen LogP contribution in [0.15, 0.2) is 11.6 Å². The third kappa shape index (κ3) is 3.76. The number of anilines is 1. The predicted molar refractivity (Wildman–Crippen MR) is 67.0 cm³/mol. The third-order valence-corrected chi connectivity index (χ3v) is 3.64. The second-order valence-electron chi connectivity index (χ2n) is 4.29. The maximum atomic E-state index is 11.7. The number of nitrogens with one attached hydrogen (secondary N) is 1. The highest BCUT2D eigenvalue weighted by atomic mass is 32.1. The highest BCUT2D eigenvalue weighted by Crippen LogP contribution is 2.19. The number of carbonyl (C=O) groups excluding carboxylic acids is 1. The van der Waals surface area contributed by atoms with E-state index in [2.05, 4.69) is 15.2 Å². The summed E-state index contributed by atoms with van der Waals surface area (Å²) < 4.78 is 0. The van der Waals surface area contributed by atoms with Crippen LogP contribution in [0.4, 0.5) is 5.13 Å². The van der Waals surface area contributed by atoms with E-state index in [1.165, 1.54) is 11.3 Å². The molecule has 5 nitrogen and oxygen atoms in total. The van der Waals surface area contributed by atoms with Crippen LogP contribution in [-0.4, -0.2) is 47.1 Å². The molecule has 0 aliphatic carbocycles. The van der Waals surface area contributed by atoms with E-state index < -0.39 is 0 Å². The Labute approximate surface area is 104 Å². The smallest absolute Gasteiger partial charge is 0.240 e. The summed E-state index contributed by atoms with van der Waals surface area (Å²) in [6.45, 7) is 2.51. The van der Waals surface area contributed by atoms with Crippen molar-refractivity contribution in [1.82, 2.24) is 9.88 Å². The first-order chi connectivity index (χ1) is 8.28. The van der Waals surface area contributed by atoms with E-state index in [0.717, 1.165) is 25.9 Å². The zero-order chi connectivity index (χ0) is 12.1. The molecule has 1 aliphatic rings. The Hall–Kier alpha value is -0.980. The Balaban J connectivity index is 1.73. The van der Waals surface area contributed by atoms with Gasteiger partial charge in [-0.3, -0.25) is 9.69 Å². The first-order valence-corrected chi connectivity index (χ1v) is 6.68. The Bertz CT molecular complexity index is 356. The number of likely N-dealkylation sites (tertiary alicyclic amines) is 1. The third-order valence-electron chi connectivity index (χ3n) is 2.95. The standard InChI is InChI=1S/C11H17N3O2S/c15-5-2-9-1-4-14(7-9)8-10(16)13-11-12-3-6-17-11/h3,6,9,15H,1-2,4-5,7-8H2,(H,12,13,16). The number of carbonyl (C=O) groups is 1. The molecular formula is C11H17N3O2S. The lowest BCUT2D eigenvalue weighted by molar-refractivity contribution is -0.117. The van der Waals surface area contributed by atoms with Crippen molar-refractivity contribution in [3.8, 4) is 0 Å². The van der Waals surface area contributed by atoms with Crippen LogP contribution >= 0.6 is 11.3 Å². The number of aliphatic hydroxyl groups excluding tert-OH is 1. The zero-order valence-electron chi connectivity index (χ0n) is 9.63. The molecule has 17 heavy (non-hydrogen) atoms. The average Bonchev–Trinajstić information content (AvgIpc) is 2.91. The zero-order valence-corrected chi connectivity index (χ0v) is 10.4. The molecule has 2 heterocycles. The minimum absolute atomic E-state index is 0.00963. The summed E-state index contributed by atoms with van der Waals surface area (Å²) in [6.07, 6.45) is 3.59. The number of aromatic nitrogens is 1. The maximum Gasteiger partial charge on any atom is 0.240 e. The van der Waals surface area contributed by atoms with E-state index >= 15 is 0 Å². The van der Waals surface area contributed by atoms with Gasteiger partial charge in [0.25, 0.3) is 0 Å². The molecular weight excluding hydrogens is 238 g/mol. The molecule has 94 valence electrons. The summed E-state index contributed by atoms with van der Waals surface area (Å²) in [6, 6.07) is 0. The van der Waals surface area contributed by atoms with E-state index in [0.29, 0.717) is 17.6 Å². The van der Waals surface area contributed by atoms with Gasteiger partial charge in [0.15, 0.2) is 5.13 Å². The van der Waals surface area contributed by atoms with Crippen LogP contribution in [-0.2, 0) is 4.79 Å². The van der Waals surface area contributed by atoms with Crippen molar-refractivity contribution < 1.29 is 9.90 Å². The molecule has 0 radical (unpaired) electrons. The summed E-state index contributed by atoms with van der Waals surface area (Å²) in [5.74, 6) is 0.525. The van der Waals surface area contributed by atoms with Crippen LogP contribution < -0.4 is 5.32 Å². The van der Waals surface area contributed by atoms with Crippen LogP contribution in [0, 0.1) is 5.92 Å². The molecule has 0 aromatic carbocycles. The van der Waals surface area contributed by atoms with Crippen LogP contribution in [0.1, 0.15) is 12.8 Å². The van der Waals surface area contributed by atoms with E-state index in [9.17, 15) is 4.79 Å². The molecule has 2 rings (SSSR count). The molecule has 1 aromatic heterocycles. The van der Waals surface area contributed by atoms with Gasteiger partial charge in [-0.2, -0.15) is 0 Å². The van der Waals surface area contributed by atoms with Gasteiger partial charge in [0, 0.05) is 24.7 Å². The topological polar surface area (TPSA) is 65.5 Å². The number of thiazole rings is 1. The maximum absolute atomic E-state index is 11.7. The molecule has 1 saturated heterocycles. The molecule has 1 unspecified atom stereocenters. The molecule has 0 saturated carbocycles. The Morgan fingerprint density at radius 2 is 2.59 bits per heavy atom. The normalized spacial score (nSPS) is 20.6. The highest BCUT2D eigenvalue weighted by molar-refractivity contribution is 7.13. The number of aliphatic hydroxyl groups is 1. The molecule has 1 aliphatic heterocycles. The van der Waals surface area contributed by atoms with Gasteiger partial charge in [-0.05, 0) is 25.3 Å². The van der Waals surface area contributed by atoms with Gasteiger partial charge in [0.2, 0.25) is 5.91 Å². The second-order valence-corrected chi connectivity index (χ2v) is 5.18. The summed E-state index contributed by atoms with van der Waals surface area (Å²) in [5.41, 5.74) is 0. The Morgan fingerprint density at radius 3 is 3.29 bits per heavy atom. The quantitative estimate of drug-likeness (QED) is 0.816. The fraction of sp³-hybridized carbons (Fsp3) is 0.636. The van der Waals surface area contributed by atoms with Gasteiger partial charge in [-0.1, -0.05) is 0 Å². The van der Waals surface area contributed by atoms with Crippen molar-refractivity contribution in [3.63, 3.8) is 0 Å². The van der Waals surface area contributed by atoms with E-state index in [-0.39, 0.29) is 12.5 Å². The SMILES string of the molecule is O=C(CN1CCC(CCO)C1)Nc1nccs1. The predicted octanol–water partition coefficient (Wildman–Crippen LogP) is 0.786. The fourth-order valence-corrected chi connectivity index (χ4v) is 2.67. The van der Waals surface area contributed by atoms with Gasteiger partial charge in [-0.15, -0.1) is 11.3 Å². The van der Waals surface area contributed by atoms with Crippen molar-refractivity contribution >= 4 is 22.4 Å². The lowest BCUT2D eigenvalue weighted by Gasteiger charge is -2.14. The van der Waals surface area contributed by atoms with Crippen molar-refractivity contribution in [2.45, 2.75) is 12.8 Å². The van der Waals surface area contributed by atoms with Crippen LogP contribution in [0.2, 0.25) is 0 Å². The second kappa shape index (κ2) is 6.09. The Kier molecular flexibility index (Phi) is 4.47. The van der Waals surface area contributed by atoms with Crippen molar-refractivity contribution in [1.29, 1.82) is 0 Å². The summed E-state index contributed by atoms with van der Waals surface area (Å²) in [7, 11) is 0. The van der Waals surface area contributed by atoms with Gasteiger partial charge in [-0.25, -0.2) is 4.98 Å². The van der Waals surface area contributed by atoms with E-state index in [1.807, 2.05) is 5.38 Å². The molecule has 1 atom stereocenters. The minimum atomic E-state index is -0.00963. The van der Waals surface area contributed by atoms with E-state index in [1.54, 1.807) is 6.20 Å². The van der Waals surface area contributed by atoms with Crippen molar-refractivity contribution in [3.05, 3.63) is 11.6 Å². The number of nitrogens with zero attached hydrogens (tertiary/aromatic N) is 2. The molecule has 2 N–H and O–H groups in total. The Morgan fingerprint density at radius 1 is 1.71 bits per heavy atom. The van der Waals surface area contributed by atoms with Gasteiger partial charge in [0.1, 0.15) is 0 Å². The molecule has 0 bridgehead atoms. The molecule has 1 amide bonds. The number of amides is 1. The number of hydrogen-bond donors (Lipinski definition) is 2. The molecule has 1 aromatic rings. The molecule has 1 fully saturated rings. The van der Waals surface area contributed by atoms with Crippen LogP contribution in [0.5, 0.6) is 0 Å². The lowest BCUT2D eigenvalue weighted by atomic mass is 10.1. The monoisotopic (exact) mass is 255 g/mol. The largest absolute Gasteiger partial charge is 0.396 e. The van der Waals surface area contributed by atoms with Crippen LogP contribution in [0.25, 0.3) is 0 Å². The molecule has 0 spiro atoms. The summed E-state index contributed by atoms with van der Waals surface area (Å²) >= 11 is 1.42. The average molecular weight is 255 g/mol. The number of hydrogen-bond acceptors (Lipinski definition) is 5. The molecule has 6 heteroatoms. The van der Waals surface area contributed by atoms with Crippen LogP contribution in [0.3, 0.4) is 0 Å². The van der Waals surface area contributed by atoms with Gasteiger partial charge < -0.3 is 10.4 Å². The summed E-state index contributed by atoms with van der Waals surface area (Å²) in [5, 5.41) is 14.1.